The monoisotopic (exact) mass is 489 g/mol. The van der Waals surface area contributed by atoms with Crippen LogP contribution in [0.4, 0.5) is 10.8 Å². The van der Waals surface area contributed by atoms with Gasteiger partial charge in [-0.05, 0) is 36.1 Å². The van der Waals surface area contributed by atoms with Crippen LogP contribution in [0.3, 0.4) is 0 Å². The number of carbonyl (C=O) groups is 1. The second kappa shape index (κ2) is 9.28. The van der Waals surface area contributed by atoms with Gasteiger partial charge in [-0.15, -0.1) is 0 Å². The minimum atomic E-state index is -3.93. The highest BCUT2D eigenvalue weighted by atomic mass is 32.2. The molecule has 0 saturated carbocycles. The van der Waals surface area contributed by atoms with E-state index in [1.54, 1.807) is 0 Å². The summed E-state index contributed by atoms with van der Waals surface area (Å²) in [6, 6.07) is 10.3. The molecule has 0 radical (unpaired) electrons. The number of anilines is 1. The largest absolute Gasteiger partial charge is 0.483 e. The molecule has 1 amide bonds. The summed E-state index contributed by atoms with van der Waals surface area (Å²) >= 11 is 0.784. The number of nitrogens with zero attached hydrogens (tertiary/aromatic N) is 2. The van der Waals surface area contributed by atoms with E-state index in [2.05, 4.69) is 31.1 Å². The summed E-state index contributed by atoms with van der Waals surface area (Å²) in [5.74, 6) is 0.118. The van der Waals surface area contributed by atoms with Crippen molar-refractivity contribution in [2.75, 3.05) is 11.9 Å². The van der Waals surface area contributed by atoms with E-state index in [0.29, 0.717) is 5.75 Å². The molecule has 0 aliphatic heterocycles. The van der Waals surface area contributed by atoms with E-state index in [1.807, 2.05) is 25.1 Å². The van der Waals surface area contributed by atoms with Crippen molar-refractivity contribution in [2.24, 2.45) is 0 Å². The summed E-state index contributed by atoms with van der Waals surface area (Å²) in [5, 5.41) is 13.4. The third kappa shape index (κ3) is 5.74. The summed E-state index contributed by atoms with van der Waals surface area (Å²) in [4.78, 5) is 26.4. The van der Waals surface area contributed by atoms with Gasteiger partial charge in [0, 0.05) is 12.1 Å². The zero-order valence-corrected chi connectivity index (χ0v) is 20.1. The molecule has 3 rings (SSSR count). The number of benzene rings is 2. The molecule has 0 atom stereocenters. The topological polar surface area (TPSA) is 128 Å². The van der Waals surface area contributed by atoms with Crippen LogP contribution in [0.25, 0.3) is 0 Å². The molecule has 0 bridgehead atoms. The predicted molar refractivity (Wildman–Crippen MR) is 125 cm³/mol. The van der Waals surface area contributed by atoms with E-state index in [-0.39, 0.29) is 31.9 Å². The quantitative estimate of drug-likeness (QED) is 0.382. The summed E-state index contributed by atoms with van der Waals surface area (Å²) in [7, 11) is -3.93. The first-order valence-electron chi connectivity index (χ1n) is 9.87. The molecule has 0 spiro atoms. The average molecular weight is 490 g/mol. The van der Waals surface area contributed by atoms with E-state index >= 15 is 0 Å². The van der Waals surface area contributed by atoms with Crippen molar-refractivity contribution in [1.29, 1.82) is 0 Å². The Morgan fingerprint density at radius 1 is 1.18 bits per heavy atom. The fourth-order valence-corrected chi connectivity index (χ4v) is 5.41. The van der Waals surface area contributed by atoms with Crippen molar-refractivity contribution in [3.05, 3.63) is 69.9 Å². The lowest BCUT2D eigenvalue weighted by Crippen LogP contribution is -2.22. The Kier molecular flexibility index (Phi) is 6.84. The van der Waals surface area contributed by atoms with Gasteiger partial charge in [0.25, 0.3) is 11.6 Å². The van der Waals surface area contributed by atoms with Gasteiger partial charge in [0.15, 0.2) is 11.7 Å². The van der Waals surface area contributed by atoms with Gasteiger partial charge in [0.2, 0.25) is 9.84 Å². The van der Waals surface area contributed by atoms with E-state index < -0.39 is 20.7 Å². The first-order chi connectivity index (χ1) is 15.4. The number of aromatic nitrogens is 1. The van der Waals surface area contributed by atoms with Crippen LogP contribution in [0.2, 0.25) is 0 Å². The molecule has 0 fully saturated rings. The van der Waals surface area contributed by atoms with Gasteiger partial charge in [0.05, 0.1) is 16.0 Å². The van der Waals surface area contributed by atoms with Crippen LogP contribution in [0.1, 0.15) is 31.9 Å². The Morgan fingerprint density at radius 2 is 1.85 bits per heavy atom. The molecule has 1 N–H and O–H groups in total. The second-order valence-corrected chi connectivity index (χ2v) is 11.5. The molecule has 2 aromatic carbocycles. The van der Waals surface area contributed by atoms with Crippen molar-refractivity contribution < 1.29 is 22.9 Å². The normalized spacial score (nSPS) is 11.8. The van der Waals surface area contributed by atoms with Gasteiger partial charge < -0.3 is 4.74 Å². The standard InChI is InChI=1S/C22H23N3O6S2/c1-14-5-10-18(17(11-14)22(2,3)4)31-13-19(26)24-21-23-12-20(32-21)33(29,30)16-8-6-15(7-9-16)25(27)28/h5-12H,13H2,1-4H3,(H,23,24,26). The second-order valence-electron chi connectivity index (χ2n) is 8.33. The number of thiazole rings is 1. The van der Waals surface area contributed by atoms with Crippen molar-refractivity contribution >= 4 is 37.9 Å². The van der Waals surface area contributed by atoms with Crippen molar-refractivity contribution in [2.45, 2.75) is 42.2 Å². The molecule has 0 aliphatic rings. The summed E-state index contributed by atoms with van der Waals surface area (Å²) in [6.07, 6.45) is 1.13. The molecule has 11 heteroatoms. The third-order valence-electron chi connectivity index (χ3n) is 4.66. The molecular weight excluding hydrogens is 466 g/mol. The number of nitrogens with one attached hydrogen (secondary N) is 1. The summed E-state index contributed by atoms with van der Waals surface area (Å²) < 4.78 is 31.1. The number of rotatable bonds is 7. The number of sulfone groups is 1. The van der Waals surface area contributed by atoms with Crippen LogP contribution in [-0.2, 0) is 20.0 Å². The van der Waals surface area contributed by atoms with Crippen molar-refractivity contribution in [3.63, 3.8) is 0 Å². The van der Waals surface area contributed by atoms with Gasteiger partial charge in [-0.1, -0.05) is 49.8 Å². The van der Waals surface area contributed by atoms with E-state index in [1.165, 1.54) is 0 Å². The lowest BCUT2D eigenvalue weighted by Gasteiger charge is -2.23. The Labute approximate surface area is 195 Å². The zero-order valence-electron chi connectivity index (χ0n) is 18.5. The van der Waals surface area contributed by atoms with Gasteiger partial charge in [-0.3, -0.25) is 20.2 Å². The highest BCUT2D eigenvalue weighted by Gasteiger charge is 2.23. The number of hydrogen-bond acceptors (Lipinski definition) is 8. The smallest absolute Gasteiger partial charge is 0.269 e. The van der Waals surface area contributed by atoms with Gasteiger partial charge in [0.1, 0.15) is 9.96 Å². The first-order valence-corrected chi connectivity index (χ1v) is 12.2. The number of nitro groups is 1. The maximum Gasteiger partial charge on any atom is 0.269 e. The van der Waals surface area contributed by atoms with E-state index in [4.69, 9.17) is 4.74 Å². The Balaban J connectivity index is 1.68. The van der Waals surface area contributed by atoms with Crippen LogP contribution in [0, 0.1) is 17.0 Å². The Morgan fingerprint density at radius 3 is 2.45 bits per heavy atom. The molecule has 1 heterocycles. The molecule has 9 nitrogen and oxygen atoms in total. The van der Waals surface area contributed by atoms with Crippen LogP contribution < -0.4 is 10.1 Å². The number of carbonyl (C=O) groups excluding carboxylic acids is 1. The molecule has 1 aromatic heterocycles. The fourth-order valence-electron chi connectivity index (χ4n) is 2.96. The maximum atomic E-state index is 12.7. The minimum absolute atomic E-state index is 0.0962. The molecular formula is C22H23N3O6S2. The molecule has 3 aromatic rings. The van der Waals surface area contributed by atoms with Crippen LogP contribution in [-0.4, -0.2) is 30.8 Å². The number of non-ortho nitro benzene ring substituents is 1. The number of nitro benzene ring substituents is 1. The van der Waals surface area contributed by atoms with E-state index in [0.717, 1.165) is 52.9 Å². The molecule has 0 aliphatic carbocycles. The van der Waals surface area contributed by atoms with Crippen LogP contribution in [0.15, 0.2) is 57.8 Å². The third-order valence-corrected chi connectivity index (χ3v) is 7.80. The van der Waals surface area contributed by atoms with Crippen molar-refractivity contribution in [1.82, 2.24) is 4.98 Å². The highest BCUT2D eigenvalue weighted by Crippen LogP contribution is 2.32. The number of aryl methyl sites for hydroxylation is 1. The summed E-state index contributed by atoms with van der Waals surface area (Å²) in [5.41, 5.74) is 1.67. The van der Waals surface area contributed by atoms with Crippen LogP contribution >= 0.6 is 11.3 Å². The number of hydrogen-bond donors (Lipinski definition) is 1. The van der Waals surface area contributed by atoms with Crippen LogP contribution in [0.5, 0.6) is 5.75 Å². The molecule has 0 saturated heterocycles. The SMILES string of the molecule is Cc1ccc(OCC(=O)Nc2ncc(S(=O)(=O)c3ccc([N+](=O)[O-])cc3)s2)c(C(C)(C)C)c1. The van der Waals surface area contributed by atoms with Gasteiger partial charge >= 0.3 is 0 Å². The summed E-state index contributed by atoms with van der Waals surface area (Å²) in [6.45, 7) is 7.87. The molecule has 0 unspecified atom stereocenters. The number of ether oxygens (including phenoxy) is 1. The lowest BCUT2D eigenvalue weighted by atomic mass is 9.85. The lowest BCUT2D eigenvalue weighted by molar-refractivity contribution is -0.384. The van der Waals surface area contributed by atoms with Gasteiger partial charge in [-0.2, -0.15) is 0 Å². The highest BCUT2D eigenvalue weighted by molar-refractivity contribution is 7.93. The molecule has 33 heavy (non-hydrogen) atoms. The Hall–Kier alpha value is -3.31. The van der Waals surface area contributed by atoms with E-state index in [9.17, 15) is 23.3 Å². The first kappa shape index (κ1) is 24.3. The molecule has 174 valence electrons. The number of amides is 1. The van der Waals surface area contributed by atoms with Crippen molar-refractivity contribution in [3.8, 4) is 5.75 Å². The zero-order chi connectivity index (χ0) is 24.4. The average Bonchev–Trinajstić information content (AvgIpc) is 3.21. The predicted octanol–water partition coefficient (Wildman–Crippen LogP) is 4.51. The van der Waals surface area contributed by atoms with Gasteiger partial charge in [-0.25, -0.2) is 13.4 Å². The maximum absolute atomic E-state index is 12.7. The Bertz CT molecular complexity index is 1290. The fraction of sp³-hybridized carbons (Fsp3) is 0.273. The minimum Gasteiger partial charge on any atom is -0.483 e.